The van der Waals surface area contributed by atoms with Crippen molar-refractivity contribution in [2.75, 3.05) is 48.8 Å². The van der Waals surface area contributed by atoms with Gasteiger partial charge in [-0.15, -0.1) is 0 Å². The topological polar surface area (TPSA) is 56.3 Å². The number of hydrogen-bond acceptors (Lipinski definition) is 6. The predicted octanol–water partition coefficient (Wildman–Crippen LogP) is 5.69. The molecule has 35 heavy (non-hydrogen) atoms. The van der Waals surface area contributed by atoms with Gasteiger partial charge in [-0.05, 0) is 80.8 Å². The number of nitrogens with one attached hydrogen (secondary N) is 2. The fraction of sp³-hybridized carbons (Fsp3) is 0.517. The van der Waals surface area contributed by atoms with Crippen molar-refractivity contribution in [3.8, 4) is 0 Å². The van der Waals surface area contributed by atoms with Crippen LogP contribution >= 0.6 is 0 Å². The molecule has 2 heterocycles. The zero-order valence-corrected chi connectivity index (χ0v) is 20.6. The molecule has 2 fully saturated rings. The van der Waals surface area contributed by atoms with Gasteiger partial charge in [0, 0.05) is 50.8 Å². The van der Waals surface area contributed by atoms with E-state index in [0.717, 1.165) is 41.7 Å². The van der Waals surface area contributed by atoms with Crippen LogP contribution in [0.25, 0.3) is 10.9 Å². The summed E-state index contributed by atoms with van der Waals surface area (Å²) < 4.78 is 0. The highest BCUT2D eigenvalue weighted by atomic mass is 15.2. The summed E-state index contributed by atoms with van der Waals surface area (Å²) in [6.07, 6.45) is 7.48. The van der Waals surface area contributed by atoms with Gasteiger partial charge in [0.1, 0.15) is 5.82 Å². The number of fused-ring (bicyclic) bond motifs is 1. The SMILES string of the molecule is C.CN(C)c1nc(NC2CCC(CNCc3ccc(N4CCCC4)cc3)CC2)nc2ccccc12. The molecule has 0 atom stereocenters. The van der Waals surface area contributed by atoms with Crippen LogP contribution in [0.4, 0.5) is 17.5 Å². The monoisotopic (exact) mass is 474 g/mol. The van der Waals surface area contributed by atoms with Gasteiger partial charge in [0.05, 0.1) is 5.52 Å². The maximum Gasteiger partial charge on any atom is 0.225 e. The molecule has 5 rings (SSSR count). The number of nitrogens with zero attached hydrogens (tertiary/aromatic N) is 4. The molecule has 1 aromatic heterocycles. The van der Waals surface area contributed by atoms with Gasteiger partial charge in [-0.3, -0.25) is 0 Å². The normalized spacial score (nSPS) is 20.0. The minimum Gasteiger partial charge on any atom is -0.372 e. The maximum atomic E-state index is 4.82. The molecule has 188 valence electrons. The van der Waals surface area contributed by atoms with Gasteiger partial charge in [-0.25, -0.2) is 4.98 Å². The van der Waals surface area contributed by atoms with Crippen molar-refractivity contribution in [2.45, 2.75) is 58.5 Å². The number of hydrogen-bond donors (Lipinski definition) is 2. The van der Waals surface area contributed by atoms with Gasteiger partial charge in [0.15, 0.2) is 0 Å². The number of rotatable bonds is 8. The van der Waals surface area contributed by atoms with E-state index in [-0.39, 0.29) is 7.43 Å². The molecule has 1 aliphatic heterocycles. The van der Waals surface area contributed by atoms with E-state index in [9.17, 15) is 0 Å². The van der Waals surface area contributed by atoms with E-state index in [4.69, 9.17) is 9.97 Å². The third-order valence-corrected chi connectivity index (χ3v) is 7.36. The zero-order valence-electron chi connectivity index (χ0n) is 20.6. The highest BCUT2D eigenvalue weighted by Gasteiger charge is 2.22. The first-order valence-electron chi connectivity index (χ1n) is 12.9. The van der Waals surface area contributed by atoms with Crippen molar-refractivity contribution < 1.29 is 0 Å². The second-order valence-electron chi connectivity index (χ2n) is 10.1. The molecule has 1 aliphatic carbocycles. The van der Waals surface area contributed by atoms with E-state index >= 15 is 0 Å². The molecule has 0 bridgehead atoms. The van der Waals surface area contributed by atoms with Gasteiger partial charge in [-0.1, -0.05) is 31.7 Å². The summed E-state index contributed by atoms with van der Waals surface area (Å²) in [6, 6.07) is 17.8. The molecule has 2 aliphatic rings. The Kier molecular flexibility index (Phi) is 8.45. The molecule has 1 saturated heterocycles. The average molecular weight is 475 g/mol. The summed E-state index contributed by atoms with van der Waals surface area (Å²) in [5.74, 6) is 2.47. The van der Waals surface area contributed by atoms with E-state index in [1.165, 1.54) is 62.9 Å². The third-order valence-electron chi connectivity index (χ3n) is 7.36. The van der Waals surface area contributed by atoms with Crippen molar-refractivity contribution in [3.63, 3.8) is 0 Å². The van der Waals surface area contributed by atoms with Gasteiger partial charge in [0.25, 0.3) is 0 Å². The fourth-order valence-corrected chi connectivity index (χ4v) is 5.38. The van der Waals surface area contributed by atoms with E-state index in [2.05, 4.69) is 56.8 Å². The summed E-state index contributed by atoms with van der Waals surface area (Å²) in [4.78, 5) is 14.2. The Hall–Kier alpha value is -2.86. The van der Waals surface area contributed by atoms with E-state index in [0.29, 0.717) is 6.04 Å². The van der Waals surface area contributed by atoms with Crippen molar-refractivity contribution in [1.82, 2.24) is 15.3 Å². The molecule has 2 aromatic carbocycles. The molecule has 0 unspecified atom stereocenters. The van der Waals surface area contributed by atoms with Crippen LogP contribution in [0.2, 0.25) is 0 Å². The Labute approximate surface area is 211 Å². The Morgan fingerprint density at radius 1 is 0.914 bits per heavy atom. The number of para-hydroxylation sites is 1. The fourth-order valence-electron chi connectivity index (χ4n) is 5.38. The average Bonchev–Trinajstić information content (AvgIpc) is 3.40. The first kappa shape index (κ1) is 25.2. The Morgan fingerprint density at radius 2 is 1.63 bits per heavy atom. The van der Waals surface area contributed by atoms with Crippen molar-refractivity contribution in [3.05, 3.63) is 54.1 Å². The maximum absolute atomic E-state index is 4.82. The standard InChI is InChI=1S/C28H38N6.CH4/c1-33(2)27-25-7-3-4-8-26(25)31-28(32-27)30-23-13-9-21(10-14-23)19-29-20-22-11-15-24(16-12-22)34-17-5-6-18-34;/h3-4,7-8,11-12,15-16,21,23,29H,5-6,9-10,13-14,17-20H2,1-2H3,(H,30,31,32);1H4. The molecule has 2 N–H and O–H groups in total. The lowest BCUT2D eigenvalue weighted by Crippen LogP contribution is -2.31. The minimum atomic E-state index is 0. The Bertz CT molecular complexity index is 1070. The highest BCUT2D eigenvalue weighted by Crippen LogP contribution is 2.28. The van der Waals surface area contributed by atoms with Crippen LogP contribution in [-0.2, 0) is 6.54 Å². The van der Waals surface area contributed by atoms with Crippen LogP contribution < -0.4 is 20.4 Å². The highest BCUT2D eigenvalue weighted by molar-refractivity contribution is 5.90. The molecule has 6 nitrogen and oxygen atoms in total. The van der Waals surface area contributed by atoms with Crippen LogP contribution in [0.15, 0.2) is 48.5 Å². The van der Waals surface area contributed by atoms with Crippen LogP contribution in [0.3, 0.4) is 0 Å². The molecular weight excluding hydrogens is 432 g/mol. The van der Waals surface area contributed by atoms with E-state index in [1.807, 2.05) is 26.2 Å². The first-order valence-corrected chi connectivity index (χ1v) is 12.9. The summed E-state index contributed by atoms with van der Waals surface area (Å²) in [6.45, 7) is 4.46. The van der Waals surface area contributed by atoms with E-state index in [1.54, 1.807) is 0 Å². The zero-order chi connectivity index (χ0) is 23.3. The van der Waals surface area contributed by atoms with Gasteiger partial charge in [0.2, 0.25) is 5.95 Å². The summed E-state index contributed by atoms with van der Waals surface area (Å²) >= 11 is 0. The van der Waals surface area contributed by atoms with Gasteiger partial charge < -0.3 is 20.4 Å². The second kappa shape index (κ2) is 11.7. The second-order valence-corrected chi connectivity index (χ2v) is 10.1. The van der Waals surface area contributed by atoms with Crippen molar-refractivity contribution in [1.29, 1.82) is 0 Å². The molecule has 0 radical (unpaired) electrons. The van der Waals surface area contributed by atoms with Gasteiger partial charge >= 0.3 is 0 Å². The summed E-state index contributed by atoms with van der Waals surface area (Å²) in [5.41, 5.74) is 3.75. The smallest absolute Gasteiger partial charge is 0.225 e. The largest absolute Gasteiger partial charge is 0.372 e. The molecule has 1 saturated carbocycles. The lowest BCUT2D eigenvalue weighted by atomic mass is 9.86. The predicted molar refractivity (Wildman–Crippen MR) is 150 cm³/mol. The Morgan fingerprint density at radius 3 is 2.34 bits per heavy atom. The Balaban J connectivity index is 0.00000289. The van der Waals surface area contributed by atoms with Crippen molar-refractivity contribution >= 4 is 28.4 Å². The number of benzene rings is 2. The number of aromatic nitrogens is 2. The van der Waals surface area contributed by atoms with Crippen LogP contribution in [0.5, 0.6) is 0 Å². The molecule has 3 aromatic rings. The van der Waals surface area contributed by atoms with Crippen LogP contribution in [0, 0.1) is 5.92 Å². The summed E-state index contributed by atoms with van der Waals surface area (Å²) in [5, 5.41) is 8.42. The van der Waals surface area contributed by atoms with Crippen LogP contribution in [-0.4, -0.2) is 49.7 Å². The molecular formula is C29H42N6. The molecule has 0 spiro atoms. The third kappa shape index (κ3) is 6.23. The lowest BCUT2D eigenvalue weighted by molar-refractivity contribution is 0.324. The molecule has 0 amide bonds. The van der Waals surface area contributed by atoms with E-state index < -0.39 is 0 Å². The number of anilines is 3. The quantitative estimate of drug-likeness (QED) is 0.437. The first-order chi connectivity index (χ1) is 16.7. The lowest BCUT2D eigenvalue weighted by Gasteiger charge is -2.29. The van der Waals surface area contributed by atoms with Gasteiger partial charge in [-0.2, -0.15) is 4.98 Å². The summed E-state index contributed by atoms with van der Waals surface area (Å²) in [7, 11) is 4.08. The van der Waals surface area contributed by atoms with Crippen molar-refractivity contribution in [2.24, 2.45) is 5.92 Å². The minimum absolute atomic E-state index is 0. The van der Waals surface area contributed by atoms with Crippen LogP contribution in [0.1, 0.15) is 51.5 Å². The molecule has 6 heteroatoms.